The normalized spacial score (nSPS) is 15.1. The lowest BCUT2D eigenvalue weighted by Crippen LogP contribution is -2.27. The number of rotatable bonds is 8. The van der Waals surface area contributed by atoms with Crippen molar-refractivity contribution in [3.05, 3.63) is 58.9 Å². The molecule has 2 heterocycles. The molecule has 1 aliphatic heterocycles. The first-order chi connectivity index (χ1) is 14.2. The average Bonchev–Trinajstić information content (AvgIpc) is 3.10. The van der Waals surface area contributed by atoms with Gasteiger partial charge in [-0.15, -0.1) is 0 Å². The lowest BCUT2D eigenvalue weighted by atomic mass is 9.92. The molecule has 1 saturated heterocycles. The SMILES string of the molecule is Cc1cccc2c1nc(COc1ccc(Cl)cc1)n2CCCCC1CCNCC1. The number of benzene rings is 2. The van der Waals surface area contributed by atoms with Crippen molar-refractivity contribution in [2.45, 2.75) is 52.2 Å². The Bertz CT molecular complexity index is 929. The third-order valence-electron chi connectivity index (χ3n) is 5.94. The Morgan fingerprint density at radius 2 is 1.90 bits per heavy atom. The number of aromatic nitrogens is 2. The maximum atomic E-state index is 6.01. The van der Waals surface area contributed by atoms with Gasteiger partial charge in [-0.25, -0.2) is 4.98 Å². The van der Waals surface area contributed by atoms with Crippen LogP contribution in [-0.2, 0) is 13.2 Å². The topological polar surface area (TPSA) is 39.1 Å². The maximum Gasteiger partial charge on any atom is 0.148 e. The summed E-state index contributed by atoms with van der Waals surface area (Å²) in [5.74, 6) is 2.70. The zero-order chi connectivity index (χ0) is 20.1. The zero-order valence-electron chi connectivity index (χ0n) is 17.2. The van der Waals surface area contributed by atoms with Crippen LogP contribution < -0.4 is 10.1 Å². The Balaban J connectivity index is 1.44. The second-order valence-electron chi connectivity index (χ2n) is 8.05. The van der Waals surface area contributed by atoms with Gasteiger partial charge < -0.3 is 14.6 Å². The van der Waals surface area contributed by atoms with Gasteiger partial charge in [0.1, 0.15) is 18.2 Å². The van der Waals surface area contributed by atoms with E-state index < -0.39 is 0 Å². The van der Waals surface area contributed by atoms with E-state index in [-0.39, 0.29) is 0 Å². The summed E-state index contributed by atoms with van der Waals surface area (Å²) in [5.41, 5.74) is 3.51. The molecule has 0 unspecified atom stereocenters. The van der Waals surface area contributed by atoms with Crippen LogP contribution in [0.2, 0.25) is 5.02 Å². The maximum absolute atomic E-state index is 6.01. The van der Waals surface area contributed by atoms with Crippen molar-refractivity contribution < 1.29 is 4.74 Å². The molecule has 0 bridgehead atoms. The summed E-state index contributed by atoms with van der Waals surface area (Å²) in [7, 11) is 0. The minimum Gasteiger partial charge on any atom is -0.486 e. The van der Waals surface area contributed by atoms with E-state index in [1.54, 1.807) is 0 Å². The highest BCUT2D eigenvalue weighted by atomic mass is 35.5. The zero-order valence-corrected chi connectivity index (χ0v) is 17.9. The van der Waals surface area contributed by atoms with E-state index >= 15 is 0 Å². The van der Waals surface area contributed by atoms with Crippen LogP contribution in [0.1, 0.15) is 43.5 Å². The molecule has 5 heteroatoms. The Kier molecular flexibility index (Phi) is 6.73. The molecule has 2 aromatic carbocycles. The monoisotopic (exact) mass is 411 g/mol. The molecule has 1 aliphatic rings. The van der Waals surface area contributed by atoms with Gasteiger partial charge in [-0.05, 0) is 81.1 Å². The van der Waals surface area contributed by atoms with E-state index in [9.17, 15) is 0 Å². The molecule has 0 saturated carbocycles. The molecule has 1 aromatic heterocycles. The fourth-order valence-electron chi connectivity index (χ4n) is 4.25. The molecule has 154 valence electrons. The number of hydrogen-bond donors (Lipinski definition) is 1. The highest BCUT2D eigenvalue weighted by Crippen LogP contribution is 2.24. The lowest BCUT2D eigenvalue weighted by Gasteiger charge is -2.22. The predicted molar refractivity (Wildman–Crippen MR) is 120 cm³/mol. The van der Waals surface area contributed by atoms with Gasteiger partial charge in [0.2, 0.25) is 0 Å². The molecule has 29 heavy (non-hydrogen) atoms. The van der Waals surface area contributed by atoms with Crippen molar-refractivity contribution >= 4 is 22.6 Å². The standard InChI is InChI=1S/C24H30ClN3O/c1-18-5-4-7-22-24(18)27-23(17-29-21-10-8-20(25)9-11-21)28(22)16-3-2-6-19-12-14-26-15-13-19/h4-5,7-11,19,26H,2-3,6,12-17H2,1H3. The molecule has 1 N–H and O–H groups in total. The number of nitrogens with one attached hydrogen (secondary N) is 1. The van der Waals surface area contributed by atoms with Crippen molar-refractivity contribution in [1.29, 1.82) is 0 Å². The first kappa shape index (κ1) is 20.2. The van der Waals surface area contributed by atoms with Gasteiger partial charge >= 0.3 is 0 Å². The summed E-state index contributed by atoms with van der Waals surface area (Å²) in [6, 6.07) is 13.9. The fraction of sp³-hybridized carbons (Fsp3) is 0.458. The molecule has 0 aliphatic carbocycles. The average molecular weight is 412 g/mol. The van der Waals surface area contributed by atoms with E-state index in [1.807, 2.05) is 24.3 Å². The van der Waals surface area contributed by atoms with Gasteiger partial charge in [0.25, 0.3) is 0 Å². The molecule has 0 amide bonds. The van der Waals surface area contributed by atoms with Gasteiger partial charge in [0, 0.05) is 11.6 Å². The number of fused-ring (bicyclic) bond motifs is 1. The highest BCUT2D eigenvalue weighted by Gasteiger charge is 2.15. The predicted octanol–water partition coefficient (Wildman–Crippen LogP) is 5.75. The molecule has 1 fully saturated rings. The van der Waals surface area contributed by atoms with E-state index in [0.29, 0.717) is 11.6 Å². The summed E-state index contributed by atoms with van der Waals surface area (Å²) in [6.07, 6.45) is 6.44. The first-order valence-corrected chi connectivity index (χ1v) is 11.1. The number of halogens is 1. The third kappa shape index (κ3) is 5.12. The van der Waals surface area contributed by atoms with Crippen molar-refractivity contribution in [3.8, 4) is 5.75 Å². The van der Waals surface area contributed by atoms with Gasteiger partial charge in [-0.2, -0.15) is 0 Å². The van der Waals surface area contributed by atoms with Crippen LogP contribution in [0.15, 0.2) is 42.5 Å². The molecule has 4 nitrogen and oxygen atoms in total. The molecular formula is C24H30ClN3O. The Labute approximate surface area is 178 Å². The number of hydrogen-bond acceptors (Lipinski definition) is 3. The third-order valence-corrected chi connectivity index (χ3v) is 6.20. The van der Waals surface area contributed by atoms with Crippen LogP contribution in [0.3, 0.4) is 0 Å². The van der Waals surface area contributed by atoms with Crippen LogP contribution in [0.4, 0.5) is 0 Å². The summed E-state index contributed by atoms with van der Waals surface area (Å²) in [4.78, 5) is 4.92. The largest absolute Gasteiger partial charge is 0.486 e. The van der Waals surface area contributed by atoms with Crippen LogP contribution >= 0.6 is 11.6 Å². The van der Waals surface area contributed by atoms with E-state index in [2.05, 4.69) is 35.0 Å². The highest BCUT2D eigenvalue weighted by molar-refractivity contribution is 6.30. The summed E-state index contributed by atoms with van der Waals surface area (Å²) in [5, 5.41) is 4.17. The van der Waals surface area contributed by atoms with Crippen molar-refractivity contribution in [3.63, 3.8) is 0 Å². The van der Waals surface area contributed by atoms with E-state index in [1.165, 1.54) is 56.3 Å². The summed E-state index contributed by atoms with van der Waals surface area (Å²) in [6.45, 7) is 5.94. The summed E-state index contributed by atoms with van der Waals surface area (Å²) >= 11 is 5.98. The van der Waals surface area contributed by atoms with Crippen molar-refractivity contribution in [2.75, 3.05) is 13.1 Å². The number of aryl methyl sites for hydroxylation is 2. The minimum atomic E-state index is 0.462. The van der Waals surface area contributed by atoms with Crippen molar-refractivity contribution in [1.82, 2.24) is 14.9 Å². The van der Waals surface area contributed by atoms with Crippen molar-refractivity contribution in [2.24, 2.45) is 5.92 Å². The Hall–Kier alpha value is -2.04. The molecular weight excluding hydrogens is 382 g/mol. The number of ether oxygens (including phenoxy) is 1. The minimum absolute atomic E-state index is 0.462. The Morgan fingerprint density at radius 3 is 2.69 bits per heavy atom. The smallest absolute Gasteiger partial charge is 0.148 e. The fourth-order valence-corrected chi connectivity index (χ4v) is 4.37. The number of imidazole rings is 1. The number of piperidine rings is 1. The first-order valence-electron chi connectivity index (χ1n) is 10.7. The molecule has 0 atom stereocenters. The summed E-state index contributed by atoms with van der Waals surface area (Å²) < 4.78 is 8.36. The van der Waals surface area contributed by atoms with Gasteiger partial charge in [0.05, 0.1) is 11.0 Å². The van der Waals surface area contributed by atoms with Gasteiger partial charge in [-0.1, -0.05) is 36.6 Å². The molecule has 0 spiro atoms. The van der Waals surface area contributed by atoms with E-state index in [4.69, 9.17) is 21.3 Å². The van der Waals surface area contributed by atoms with Crippen LogP contribution in [-0.4, -0.2) is 22.6 Å². The van der Waals surface area contributed by atoms with Crippen LogP contribution in [0.25, 0.3) is 11.0 Å². The molecule has 0 radical (unpaired) electrons. The number of para-hydroxylation sites is 1. The van der Waals surface area contributed by atoms with Gasteiger partial charge in [0.15, 0.2) is 0 Å². The van der Waals surface area contributed by atoms with E-state index in [0.717, 1.165) is 29.6 Å². The number of nitrogens with zero attached hydrogens (tertiary/aromatic N) is 2. The lowest BCUT2D eigenvalue weighted by molar-refractivity contribution is 0.288. The second-order valence-corrected chi connectivity index (χ2v) is 8.49. The second kappa shape index (κ2) is 9.64. The van der Waals surface area contributed by atoms with Crippen LogP contribution in [0.5, 0.6) is 5.75 Å². The molecule has 3 aromatic rings. The molecule has 4 rings (SSSR count). The Morgan fingerprint density at radius 1 is 1.10 bits per heavy atom. The van der Waals surface area contributed by atoms with Crippen LogP contribution in [0, 0.1) is 12.8 Å². The quantitative estimate of drug-likeness (QED) is 0.480. The van der Waals surface area contributed by atoms with Gasteiger partial charge in [-0.3, -0.25) is 0 Å². The number of unbranched alkanes of at least 4 members (excludes halogenated alkanes) is 1.